The van der Waals surface area contributed by atoms with E-state index >= 15 is 0 Å². The fraction of sp³-hybridized carbons (Fsp3) is 0.400. The maximum absolute atomic E-state index is 11.7. The molecule has 7 heteroatoms. The highest BCUT2D eigenvalue weighted by molar-refractivity contribution is 5.91. The zero-order chi connectivity index (χ0) is 15.9. The van der Waals surface area contributed by atoms with E-state index in [1.54, 1.807) is 30.3 Å². The van der Waals surface area contributed by atoms with E-state index in [9.17, 15) is 14.7 Å². The van der Waals surface area contributed by atoms with Gasteiger partial charge in [0.05, 0.1) is 24.5 Å². The predicted octanol–water partition coefficient (Wildman–Crippen LogP) is 0.912. The Morgan fingerprint density at radius 3 is 2.82 bits per heavy atom. The third-order valence-corrected chi connectivity index (χ3v) is 3.08. The fourth-order valence-corrected chi connectivity index (χ4v) is 1.97. The van der Waals surface area contributed by atoms with Gasteiger partial charge in [-0.05, 0) is 12.1 Å². The molecule has 0 aliphatic carbocycles. The van der Waals surface area contributed by atoms with Crippen molar-refractivity contribution >= 4 is 17.7 Å². The second-order valence-corrected chi connectivity index (χ2v) is 4.80. The van der Waals surface area contributed by atoms with Crippen LogP contribution in [-0.2, 0) is 19.1 Å². The molecule has 1 aromatic rings. The number of aliphatic hydroxyl groups excluding tert-OH is 1. The summed E-state index contributed by atoms with van der Waals surface area (Å²) in [4.78, 5) is 27.9. The smallest absolute Gasteiger partial charge is 0.350 e. The molecule has 0 saturated heterocycles. The van der Waals surface area contributed by atoms with E-state index in [1.807, 2.05) is 0 Å². The van der Waals surface area contributed by atoms with Crippen LogP contribution in [0.5, 0.6) is 0 Å². The van der Waals surface area contributed by atoms with Gasteiger partial charge in [-0.2, -0.15) is 0 Å². The number of methoxy groups -OCH3 is 1. The van der Waals surface area contributed by atoms with Crippen LogP contribution in [0, 0.1) is 0 Å². The summed E-state index contributed by atoms with van der Waals surface area (Å²) in [5, 5.41) is 13.6. The summed E-state index contributed by atoms with van der Waals surface area (Å²) in [5.41, 5.74) is 0.945. The Hall–Kier alpha value is -2.41. The second kappa shape index (κ2) is 7.56. The van der Waals surface area contributed by atoms with Crippen molar-refractivity contribution in [3.05, 3.63) is 35.9 Å². The van der Waals surface area contributed by atoms with Crippen molar-refractivity contribution in [2.45, 2.75) is 25.0 Å². The van der Waals surface area contributed by atoms with Crippen LogP contribution in [-0.4, -0.2) is 48.7 Å². The maximum atomic E-state index is 11.7. The zero-order valence-corrected chi connectivity index (χ0v) is 12.1. The summed E-state index contributed by atoms with van der Waals surface area (Å²) in [5.74, 6) is -1.01. The summed E-state index contributed by atoms with van der Waals surface area (Å²) >= 11 is 0. The molecule has 0 fully saturated rings. The highest BCUT2D eigenvalue weighted by Gasteiger charge is 2.30. The molecule has 1 aliphatic rings. The largest absolute Gasteiger partial charge is 0.466 e. The number of esters is 2. The molecule has 0 radical (unpaired) electrons. The molecule has 1 heterocycles. The molecule has 2 unspecified atom stereocenters. The number of aliphatic hydroxyl groups is 1. The van der Waals surface area contributed by atoms with E-state index < -0.39 is 24.1 Å². The van der Waals surface area contributed by atoms with Crippen molar-refractivity contribution in [3.63, 3.8) is 0 Å². The summed E-state index contributed by atoms with van der Waals surface area (Å²) in [7, 11) is 1.27. The Kier molecular flexibility index (Phi) is 5.48. The number of carbonyl (C=O) groups is 2. The number of oxime groups is 1. The first-order valence-electron chi connectivity index (χ1n) is 6.79. The van der Waals surface area contributed by atoms with Crippen molar-refractivity contribution in [1.82, 2.24) is 0 Å². The first-order valence-corrected chi connectivity index (χ1v) is 6.79. The molecule has 0 amide bonds. The molecule has 2 atom stereocenters. The molecule has 0 aromatic heterocycles. The van der Waals surface area contributed by atoms with Gasteiger partial charge in [-0.25, -0.2) is 9.59 Å². The number of hydrogen-bond acceptors (Lipinski definition) is 7. The van der Waals surface area contributed by atoms with E-state index in [1.165, 1.54) is 7.11 Å². The van der Waals surface area contributed by atoms with E-state index in [0.29, 0.717) is 11.3 Å². The quantitative estimate of drug-likeness (QED) is 0.785. The standard InChI is InChI=1S/C15H17NO6/c1-20-15(19)13-8-11(16-22-13)7-12(17)9-21-14(18)10-5-3-2-4-6-10/h2-6,12-13,17H,7-9H2,1H3. The minimum atomic E-state index is -0.911. The maximum Gasteiger partial charge on any atom is 0.350 e. The SMILES string of the molecule is COC(=O)C1CC(CC(O)COC(=O)c2ccccc2)=NO1. The van der Waals surface area contributed by atoms with Gasteiger partial charge in [0.2, 0.25) is 6.10 Å². The van der Waals surface area contributed by atoms with Gasteiger partial charge in [0.15, 0.2) is 0 Å². The molecule has 0 saturated carbocycles. The van der Waals surface area contributed by atoms with E-state index in [0.717, 1.165) is 0 Å². The van der Waals surface area contributed by atoms with E-state index in [2.05, 4.69) is 9.89 Å². The molecule has 22 heavy (non-hydrogen) atoms. The van der Waals surface area contributed by atoms with Gasteiger partial charge in [0, 0.05) is 12.8 Å². The predicted molar refractivity (Wildman–Crippen MR) is 76.3 cm³/mol. The van der Waals surface area contributed by atoms with Crippen LogP contribution in [0.15, 0.2) is 35.5 Å². The van der Waals surface area contributed by atoms with Crippen molar-refractivity contribution in [2.75, 3.05) is 13.7 Å². The molecular formula is C15H17NO6. The molecule has 1 aliphatic heterocycles. The van der Waals surface area contributed by atoms with E-state index in [-0.39, 0.29) is 19.4 Å². The van der Waals surface area contributed by atoms with Gasteiger partial charge in [0.1, 0.15) is 6.61 Å². The molecule has 0 spiro atoms. The number of hydrogen-bond donors (Lipinski definition) is 1. The summed E-state index contributed by atoms with van der Waals surface area (Å²) in [6.07, 6.45) is -1.25. The lowest BCUT2D eigenvalue weighted by Crippen LogP contribution is -2.25. The lowest BCUT2D eigenvalue weighted by atomic mass is 10.1. The Morgan fingerprint density at radius 2 is 2.14 bits per heavy atom. The number of carbonyl (C=O) groups excluding carboxylic acids is 2. The molecule has 7 nitrogen and oxygen atoms in total. The Labute approximate surface area is 127 Å². The number of benzene rings is 1. The summed E-state index contributed by atoms with van der Waals surface area (Å²) in [6, 6.07) is 8.51. The Morgan fingerprint density at radius 1 is 1.41 bits per heavy atom. The van der Waals surface area contributed by atoms with Crippen molar-refractivity contribution in [1.29, 1.82) is 0 Å². The van der Waals surface area contributed by atoms with Crippen LogP contribution in [0.1, 0.15) is 23.2 Å². The molecule has 1 aromatic carbocycles. The molecule has 2 rings (SSSR count). The van der Waals surface area contributed by atoms with Gasteiger partial charge in [-0.1, -0.05) is 23.4 Å². The molecular weight excluding hydrogens is 290 g/mol. The molecule has 118 valence electrons. The minimum absolute atomic E-state index is 0.157. The summed E-state index contributed by atoms with van der Waals surface area (Å²) < 4.78 is 9.57. The average molecular weight is 307 g/mol. The van der Waals surface area contributed by atoms with Crippen molar-refractivity contribution < 1.29 is 29.0 Å². The van der Waals surface area contributed by atoms with Crippen LogP contribution >= 0.6 is 0 Å². The first-order chi connectivity index (χ1) is 10.6. The molecule has 1 N–H and O–H groups in total. The van der Waals surface area contributed by atoms with Crippen LogP contribution < -0.4 is 0 Å². The van der Waals surface area contributed by atoms with Crippen molar-refractivity contribution in [2.24, 2.45) is 5.16 Å². The number of rotatable bonds is 6. The van der Waals surface area contributed by atoms with Crippen LogP contribution in [0.3, 0.4) is 0 Å². The normalized spacial score (nSPS) is 18.1. The highest BCUT2D eigenvalue weighted by Crippen LogP contribution is 2.15. The number of nitrogens with zero attached hydrogens (tertiary/aromatic N) is 1. The van der Waals surface area contributed by atoms with Gasteiger partial charge >= 0.3 is 11.9 Å². The monoisotopic (exact) mass is 307 g/mol. The van der Waals surface area contributed by atoms with Gasteiger partial charge in [0.25, 0.3) is 0 Å². The van der Waals surface area contributed by atoms with Crippen LogP contribution in [0.4, 0.5) is 0 Å². The topological polar surface area (TPSA) is 94.4 Å². The average Bonchev–Trinajstić information content (AvgIpc) is 3.01. The fourth-order valence-electron chi connectivity index (χ4n) is 1.97. The summed E-state index contributed by atoms with van der Waals surface area (Å²) in [6.45, 7) is -0.157. The highest BCUT2D eigenvalue weighted by atomic mass is 16.7. The lowest BCUT2D eigenvalue weighted by Gasteiger charge is -2.10. The third-order valence-electron chi connectivity index (χ3n) is 3.08. The Balaban J connectivity index is 1.74. The third kappa shape index (κ3) is 4.29. The zero-order valence-electron chi connectivity index (χ0n) is 12.1. The van der Waals surface area contributed by atoms with E-state index in [4.69, 9.17) is 9.57 Å². The van der Waals surface area contributed by atoms with Crippen LogP contribution in [0.25, 0.3) is 0 Å². The second-order valence-electron chi connectivity index (χ2n) is 4.80. The van der Waals surface area contributed by atoms with Gasteiger partial charge in [-0.3, -0.25) is 0 Å². The van der Waals surface area contributed by atoms with Crippen molar-refractivity contribution in [3.8, 4) is 0 Å². The number of ether oxygens (including phenoxy) is 2. The molecule has 0 bridgehead atoms. The van der Waals surface area contributed by atoms with Gasteiger partial charge < -0.3 is 19.4 Å². The lowest BCUT2D eigenvalue weighted by molar-refractivity contribution is -0.152. The van der Waals surface area contributed by atoms with Crippen LogP contribution in [0.2, 0.25) is 0 Å². The first kappa shape index (κ1) is 16.0. The van der Waals surface area contributed by atoms with Gasteiger partial charge in [-0.15, -0.1) is 0 Å². The Bertz CT molecular complexity index is 556. The minimum Gasteiger partial charge on any atom is -0.466 e.